The second kappa shape index (κ2) is 8.90. The van der Waals surface area contributed by atoms with Crippen molar-refractivity contribution in [3.05, 3.63) is 0 Å². The van der Waals surface area contributed by atoms with Gasteiger partial charge >= 0.3 is 5.97 Å². The average Bonchev–Trinajstić information content (AvgIpc) is 2.40. The van der Waals surface area contributed by atoms with Crippen LogP contribution >= 0.6 is 11.8 Å². The molecule has 2 unspecified atom stereocenters. The standard InChI is InChI=1S/C15H29NO3S/c1-5-16-15(4,14(17)19-6-2)11-12(3)20-13-7-9-18-10-8-13/h12-13,16H,5-11H2,1-4H3. The largest absolute Gasteiger partial charge is 0.465 e. The van der Waals surface area contributed by atoms with Crippen LogP contribution in [0, 0.1) is 0 Å². The maximum Gasteiger partial charge on any atom is 0.326 e. The lowest BCUT2D eigenvalue weighted by Gasteiger charge is -2.32. The van der Waals surface area contributed by atoms with E-state index in [9.17, 15) is 4.79 Å². The molecule has 1 heterocycles. The molecule has 1 aliphatic heterocycles. The van der Waals surface area contributed by atoms with Gasteiger partial charge < -0.3 is 14.8 Å². The fraction of sp³-hybridized carbons (Fsp3) is 0.933. The molecular formula is C15H29NO3S. The minimum atomic E-state index is -0.581. The van der Waals surface area contributed by atoms with Gasteiger partial charge in [-0.05, 0) is 39.7 Å². The number of ether oxygens (including phenoxy) is 2. The highest BCUT2D eigenvalue weighted by Crippen LogP contribution is 2.30. The minimum Gasteiger partial charge on any atom is -0.465 e. The zero-order valence-corrected chi connectivity index (χ0v) is 14.1. The Bertz CT molecular complexity index is 295. The van der Waals surface area contributed by atoms with Gasteiger partial charge in [0.15, 0.2) is 0 Å². The molecule has 0 aliphatic carbocycles. The molecule has 2 atom stereocenters. The van der Waals surface area contributed by atoms with E-state index in [-0.39, 0.29) is 5.97 Å². The molecule has 1 aliphatic rings. The molecule has 4 nitrogen and oxygen atoms in total. The van der Waals surface area contributed by atoms with Crippen LogP contribution in [0.15, 0.2) is 0 Å². The number of likely N-dealkylation sites (N-methyl/N-ethyl adjacent to an activating group) is 1. The number of rotatable bonds is 8. The first-order valence-electron chi connectivity index (χ1n) is 7.67. The summed E-state index contributed by atoms with van der Waals surface area (Å²) in [7, 11) is 0. The van der Waals surface area contributed by atoms with E-state index < -0.39 is 5.54 Å². The number of hydrogen-bond donors (Lipinski definition) is 1. The number of hydrogen-bond acceptors (Lipinski definition) is 5. The number of thioether (sulfide) groups is 1. The predicted octanol–water partition coefficient (Wildman–Crippen LogP) is 2.61. The van der Waals surface area contributed by atoms with Gasteiger partial charge in [0.05, 0.1) is 6.61 Å². The molecule has 0 aromatic rings. The topological polar surface area (TPSA) is 47.6 Å². The molecule has 0 bridgehead atoms. The number of carbonyl (C=O) groups is 1. The minimum absolute atomic E-state index is 0.138. The summed E-state index contributed by atoms with van der Waals surface area (Å²) in [5, 5.41) is 4.38. The zero-order chi connectivity index (χ0) is 15.0. The van der Waals surface area contributed by atoms with E-state index in [2.05, 4.69) is 12.2 Å². The van der Waals surface area contributed by atoms with Crippen molar-refractivity contribution in [1.29, 1.82) is 0 Å². The van der Waals surface area contributed by atoms with E-state index in [4.69, 9.17) is 9.47 Å². The molecule has 1 saturated heterocycles. The quantitative estimate of drug-likeness (QED) is 0.699. The molecule has 1 fully saturated rings. The summed E-state index contributed by atoms with van der Waals surface area (Å²) in [5.41, 5.74) is -0.581. The van der Waals surface area contributed by atoms with Crippen LogP contribution in [0.3, 0.4) is 0 Å². The summed E-state index contributed by atoms with van der Waals surface area (Å²) in [6.45, 7) is 11.0. The third-order valence-corrected chi connectivity index (χ3v) is 5.07. The Morgan fingerprint density at radius 2 is 2.10 bits per heavy atom. The van der Waals surface area contributed by atoms with Crippen LogP contribution in [0.4, 0.5) is 0 Å². The number of esters is 1. The molecular weight excluding hydrogens is 274 g/mol. The van der Waals surface area contributed by atoms with Crippen molar-refractivity contribution in [1.82, 2.24) is 5.32 Å². The predicted molar refractivity (Wildman–Crippen MR) is 84.2 cm³/mol. The van der Waals surface area contributed by atoms with Crippen molar-refractivity contribution in [2.45, 2.75) is 63.0 Å². The molecule has 1 N–H and O–H groups in total. The number of nitrogens with one attached hydrogen (secondary N) is 1. The van der Waals surface area contributed by atoms with E-state index >= 15 is 0 Å². The van der Waals surface area contributed by atoms with E-state index in [1.54, 1.807) is 0 Å². The van der Waals surface area contributed by atoms with Crippen LogP contribution in [0.25, 0.3) is 0 Å². The van der Waals surface area contributed by atoms with Crippen molar-refractivity contribution in [3.8, 4) is 0 Å². The van der Waals surface area contributed by atoms with E-state index in [1.165, 1.54) is 0 Å². The third-order valence-electron chi connectivity index (χ3n) is 3.58. The lowest BCUT2D eigenvalue weighted by atomic mass is 9.96. The second-order valence-corrected chi connectivity index (χ2v) is 7.29. The second-order valence-electron chi connectivity index (χ2n) is 5.55. The van der Waals surface area contributed by atoms with Gasteiger partial charge in [0.2, 0.25) is 0 Å². The molecule has 0 saturated carbocycles. The molecule has 118 valence electrons. The summed E-state index contributed by atoms with van der Waals surface area (Å²) >= 11 is 1.98. The normalized spacial score (nSPS) is 21.2. The van der Waals surface area contributed by atoms with Gasteiger partial charge in [-0.2, -0.15) is 11.8 Å². The van der Waals surface area contributed by atoms with E-state index in [0.29, 0.717) is 17.1 Å². The Hall–Kier alpha value is -0.260. The summed E-state index contributed by atoms with van der Waals surface area (Å²) in [4.78, 5) is 12.2. The average molecular weight is 303 g/mol. The molecule has 0 spiro atoms. The van der Waals surface area contributed by atoms with Crippen LogP contribution < -0.4 is 5.32 Å². The first kappa shape index (κ1) is 17.8. The fourth-order valence-corrected chi connectivity index (χ4v) is 4.22. The monoisotopic (exact) mass is 303 g/mol. The van der Waals surface area contributed by atoms with Crippen molar-refractivity contribution in [2.24, 2.45) is 0 Å². The molecule has 0 radical (unpaired) electrons. The van der Waals surface area contributed by atoms with E-state index in [1.807, 2.05) is 32.5 Å². The highest BCUT2D eigenvalue weighted by Gasteiger charge is 2.36. The molecule has 0 aromatic heterocycles. The summed E-state index contributed by atoms with van der Waals surface area (Å²) in [5.74, 6) is -0.138. The maximum atomic E-state index is 12.2. The Kier molecular flexibility index (Phi) is 7.92. The zero-order valence-electron chi connectivity index (χ0n) is 13.2. The highest BCUT2D eigenvalue weighted by molar-refractivity contribution is 8.00. The molecule has 5 heteroatoms. The van der Waals surface area contributed by atoms with Crippen molar-refractivity contribution in [2.75, 3.05) is 26.4 Å². The fourth-order valence-electron chi connectivity index (χ4n) is 2.67. The van der Waals surface area contributed by atoms with Crippen LogP contribution in [-0.4, -0.2) is 48.4 Å². The number of carbonyl (C=O) groups excluding carboxylic acids is 1. The van der Waals surface area contributed by atoms with Gasteiger partial charge in [0, 0.05) is 23.7 Å². The van der Waals surface area contributed by atoms with E-state index in [0.717, 1.165) is 39.0 Å². The highest BCUT2D eigenvalue weighted by atomic mass is 32.2. The Morgan fingerprint density at radius 1 is 1.45 bits per heavy atom. The molecule has 0 aromatic carbocycles. The maximum absolute atomic E-state index is 12.2. The van der Waals surface area contributed by atoms with Gasteiger partial charge in [0.1, 0.15) is 5.54 Å². The molecule has 0 amide bonds. The van der Waals surface area contributed by atoms with Gasteiger partial charge in [0.25, 0.3) is 0 Å². The van der Waals surface area contributed by atoms with Crippen LogP contribution in [0.5, 0.6) is 0 Å². The van der Waals surface area contributed by atoms with Gasteiger partial charge in [-0.25, -0.2) is 0 Å². The first-order chi connectivity index (χ1) is 9.51. The van der Waals surface area contributed by atoms with Crippen molar-refractivity contribution in [3.63, 3.8) is 0 Å². The van der Waals surface area contributed by atoms with Crippen LogP contribution in [0.2, 0.25) is 0 Å². The molecule has 20 heavy (non-hydrogen) atoms. The lowest BCUT2D eigenvalue weighted by molar-refractivity contribution is -0.150. The van der Waals surface area contributed by atoms with Gasteiger partial charge in [-0.1, -0.05) is 13.8 Å². The summed E-state index contributed by atoms with van der Waals surface area (Å²) in [6, 6.07) is 0. The van der Waals surface area contributed by atoms with Gasteiger partial charge in [-0.15, -0.1) is 0 Å². The first-order valence-corrected chi connectivity index (χ1v) is 8.61. The van der Waals surface area contributed by atoms with Crippen LogP contribution in [-0.2, 0) is 14.3 Å². The van der Waals surface area contributed by atoms with Crippen molar-refractivity contribution < 1.29 is 14.3 Å². The Balaban J connectivity index is 2.52. The third kappa shape index (κ3) is 5.62. The Morgan fingerprint density at radius 3 is 2.65 bits per heavy atom. The smallest absolute Gasteiger partial charge is 0.326 e. The molecule has 1 rings (SSSR count). The lowest BCUT2D eigenvalue weighted by Crippen LogP contribution is -2.52. The Labute approximate surface area is 127 Å². The van der Waals surface area contributed by atoms with Crippen LogP contribution in [0.1, 0.15) is 47.0 Å². The van der Waals surface area contributed by atoms with Crippen molar-refractivity contribution >= 4 is 17.7 Å². The summed E-state index contributed by atoms with van der Waals surface area (Å²) < 4.78 is 10.6. The SMILES string of the molecule is CCNC(C)(CC(C)SC1CCOCC1)C(=O)OCC. The summed E-state index contributed by atoms with van der Waals surface area (Å²) in [6.07, 6.45) is 3.03. The van der Waals surface area contributed by atoms with Gasteiger partial charge in [-0.3, -0.25) is 4.79 Å².